The number of nitrogens with zero attached hydrogens (tertiary/aromatic N) is 1. The normalized spacial score (nSPS) is 21.8. The Hall–Kier alpha value is -0.850. The van der Waals surface area contributed by atoms with Crippen LogP contribution in [-0.4, -0.2) is 62.0 Å². The molecular weight excluding hydrogens is 258 g/mol. The van der Waals surface area contributed by atoms with E-state index in [1.807, 2.05) is 20.8 Å². The number of carbonyl (C=O) groups excluding carboxylic acids is 1. The first-order chi connectivity index (χ1) is 9.35. The molecule has 1 saturated heterocycles. The molecule has 1 aliphatic heterocycles. The molecule has 0 saturated carbocycles. The van der Waals surface area contributed by atoms with Gasteiger partial charge < -0.3 is 20.5 Å². The van der Waals surface area contributed by atoms with E-state index in [-0.39, 0.29) is 12.1 Å². The monoisotopic (exact) mass is 287 g/mol. The molecule has 1 fully saturated rings. The van der Waals surface area contributed by atoms with E-state index < -0.39 is 5.60 Å². The van der Waals surface area contributed by atoms with Crippen molar-refractivity contribution in [3.63, 3.8) is 0 Å². The van der Waals surface area contributed by atoms with E-state index in [4.69, 9.17) is 15.2 Å². The number of hydrogen-bond acceptors (Lipinski definition) is 5. The Morgan fingerprint density at radius 3 is 2.70 bits per heavy atom. The summed E-state index contributed by atoms with van der Waals surface area (Å²) in [5.74, 6) is 0. The number of carbonyl (C=O) groups is 1. The first-order valence-corrected chi connectivity index (χ1v) is 7.29. The Bertz CT molecular complexity index is 305. The van der Waals surface area contributed by atoms with Crippen LogP contribution in [-0.2, 0) is 9.47 Å². The molecule has 2 unspecified atom stereocenters. The maximum Gasteiger partial charge on any atom is 0.407 e. The van der Waals surface area contributed by atoms with Crippen LogP contribution in [0.5, 0.6) is 0 Å². The molecular formula is C14H29N3O3. The average Bonchev–Trinajstić information content (AvgIpc) is 2.81. The van der Waals surface area contributed by atoms with Crippen molar-refractivity contribution in [3.8, 4) is 0 Å². The lowest BCUT2D eigenvalue weighted by molar-refractivity contribution is 0.0521. The standard InChI is InChI=1S/C14H29N3O3/c1-14(2,3)20-13(18)16-7-5-11(9-15)17-8-6-12(10-17)19-4/h11-12H,5-10,15H2,1-4H3,(H,16,18). The van der Waals surface area contributed by atoms with Gasteiger partial charge in [-0.1, -0.05) is 0 Å². The zero-order valence-electron chi connectivity index (χ0n) is 13.1. The molecule has 6 heteroatoms. The maximum atomic E-state index is 11.5. The van der Waals surface area contributed by atoms with Gasteiger partial charge in [0.1, 0.15) is 5.60 Å². The molecule has 0 aliphatic carbocycles. The summed E-state index contributed by atoms with van der Waals surface area (Å²) in [7, 11) is 1.75. The number of nitrogens with two attached hydrogens (primary N) is 1. The smallest absolute Gasteiger partial charge is 0.407 e. The van der Waals surface area contributed by atoms with Gasteiger partial charge in [-0.2, -0.15) is 0 Å². The fourth-order valence-corrected chi connectivity index (χ4v) is 2.38. The van der Waals surface area contributed by atoms with Crippen LogP contribution in [0.2, 0.25) is 0 Å². The molecule has 0 spiro atoms. The number of likely N-dealkylation sites (tertiary alicyclic amines) is 1. The average molecular weight is 287 g/mol. The zero-order chi connectivity index (χ0) is 15.2. The predicted octanol–water partition coefficient (Wildman–Crippen LogP) is 0.949. The molecule has 0 radical (unpaired) electrons. The molecule has 1 aliphatic rings. The van der Waals surface area contributed by atoms with Gasteiger partial charge in [0.25, 0.3) is 0 Å². The molecule has 1 heterocycles. The summed E-state index contributed by atoms with van der Waals surface area (Å²) in [6.07, 6.45) is 1.81. The summed E-state index contributed by atoms with van der Waals surface area (Å²) in [6.45, 7) is 8.65. The van der Waals surface area contributed by atoms with Crippen molar-refractivity contribution in [2.75, 3.05) is 33.3 Å². The molecule has 0 aromatic carbocycles. The van der Waals surface area contributed by atoms with Crippen molar-refractivity contribution in [1.29, 1.82) is 0 Å². The minimum atomic E-state index is -0.460. The van der Waals surface area contributed by atoms with Gasteiger partial charge in [0.05, 0.1) is 6.10 Å². The molecule has 0 aromatic rings. The van der Waals surface area contributed by atoms with E-state index in [1.165, 1.54) is 0 Å². The Morgan fingerprint density at radius 2 is 2.20 bits per heavy atom. The quantitative estimate of drug-likeness (QED) is 0.760. The van der Waals surface area contributed by atoms with Gasteiger partial charge in [0.15, 0.2) is 0 Å². The van der Waals surface area contributed by atoms with E-state index in [0.29, 0.717) is 19.2 Å². The van der Waals surface area contributed by atoms with E-state index in [9.17, 15) is 4.79 Å². The van der Waals surface area contributed by atoms with Gasteiger partial charge in [-0.25, -0.2) is 4.79 Å². The highest BCUT2D eigenvalue weighted by Gasteiger charge is 2.27. The Kier molecular flexibility index (Phi) is 6.71. The molecule has 1 amide bonds. The van der Waals surface area contributed by atoms with E-state index in [0.717, 1.165) is 25.9 Å². The molecule has 2 atom stereocenters. The summed E-state index contributed by atoms with van der Waals surface area (Å²) >= 11 is 0. The third-order valence-electron chi connectivity index (χ3n) is 3.44. The van der Waals surface area contributed by atoms with Crippen LogP contribution < -0.4 is 11.1 Å². The number of ether oxygens (including phenoxy) is 2. The SMILES string of the molecule is COC1CCN(C(CN)CCNC(=O)OC(C)(C)C)C1. The maximum absolute atomic E-state index is 11.5. The van der Waals surface area contributed by atoms with Gasteiger partial charge in [0, 0.05) is 39.3 Å². The lowest BCUT2D eigenvalue weighted by Crippen LogP contribution is -2.42. The molecule has 20 heavy (non-hydrogen) atoms. The second kappa shape index (κ2) is 7.81. The summed E-state index contributed by atoms with van der Waals surface area (Å²) in [5.41, 5.74) is 5.37. The lowest BCUT2D eigenvalue weighted by atomic mass is 10.2. The predicted molar refractivity (Wildman–Crippen MR) is 78.7 cm³/mol. The van der Waals surface area contributed by atoms with Gasteiger partial charge in [-0.15, -0.1) is 0 Å². The highest BCUT2D eigenvalue weighted by atomic mass is 16.6. The zero-order valence-corrected chi connectivity index (χ0v) is 13.1. The van der Waals surface area contributed by atoms with E-state index in [1.54, 1.807) is 7.11 Å². The van der Waals surface area contributed by atoms with Crippen molar-refractivity contribution in [2.45, 2.75) is 51.4 Å². The number of amides is 1. The molecule has 0 bridgehead atoms. The highest BCUT2D eigenvalue weighted by molar-refractivity contribution is 5.67. The largest absolute Gasteiger partial charge is 0.444 e. The van der Waals surface area contributed by atoms with E-state index >= 15 is 0 Å². The van der Waals surface area contributed by atoms with Crippen LogP contribution in [0.4, 0.5) is 4.79 Å². The van der Waals surface area contributed by atoms with Crippen molar-refractivity contribution in [2.24, 2.45) is 5.73 Å². The van der Waals surface area contributed by atoms with Crippen molar-refractivity contribution >= 4 is 6.09 Å². The minimum Gasteiger partial charge on any atom is -0.444 e. The van der Waals surface area contributed by atoms with Crippen molar-refractivity contribution < 1.29 is 14.3 Å². The number of hydrogen-bond donors (Lipinski definition) is 2. The fourth-order valence-electron chi connectivity index (χ4n) is 2.38. The summed E-state index contributed by atoms with van der Waals surface area (Å²) in [5, 5.41) is 2.78. The number of rotatable bonds is 6. The molecule has 0 aromatic heterocycles. The van der Waals surface area contributed by atoms with Gasteiger partial charge in [0.2, 0.25) is 0 Å². The lowest BCUT2D eigenvalue weighted by Gasteiger charge is -2.27. The molecule has 118 valence electrons. The summed E-state index contributed by atoms with van der Waals surface area (Å²) in [4.78, 5) is 13.9. The Balaban J connectivity index is 2.27. The minimum absolute atomic E-state index is 0.282. The number of alkyl carbamates (subject to hydrolysis) is 1. The third kappa shape index (κ3) is 6.07. The van der Waals surface area contributed by atoms with Crippen LogP contribution in [0.15, 0.2) is 0 Å². The highest BCUT2D eigenvalue weighted by Crippen LogP contribution is 2.16. The van der Waals surface area contributed by atoms with Gasteiger partial charge >= 0.3 is 6.09 Å². The second-order valence-electron chi connectivity index (χ2n) is 6.25. The van der Waals surface area contributed by atoms with Gasteiger partial charge in [-0.3, -0.25) is 4.90 Å². The Morgan fingerprint density at radius 1 is 1.50 bits per heavy atom. The van der Waals surface area contributed by atoms with Crippen LogP contribution >= 0.6 is 0 Å². The first-order valence-electron chi connectivity index (χ1n) is 7.29. The van der Waals surface area contributed by atoms with Crippen LogP contribution in [0.25, 0.3) is 0 Å². The fraction of sp³-hybridized carbons (Fsp3) is 0.929. The summed E-state index contributed by atoms with van der Waals surface area (Å²) in [6, 6.07) is 0.282. The first kappa shape index (κ1) is 17.2. The molecule has 6 nitrogen and oxygen atoms in total. The summed E-state index contributed by atoms with van der Waals surface area (Å²) < 4.78 is 10.6. The van der Waals surface area contributed by atoms with Crippen molar-refractivity contribution in [1.82, 2.24) is 10.2 Å². The topological polar surface area (TPSA) is 76.8 Å². The van der Waals surface area contributed by atoms with Crippen molar-refractivity contribution in [3.05, 3.63) is 0 Å². The number of nitrogens with one attached hydrogen (secondary N) is 1. The van der Waals surface area contributed by atoms with Crippen LogP contribution in [0, 0.1) is 0 Å². The van der Waals surface area contributed by atoms with Gasteiger partial charge in [-0.05, 0) is 33.6 Å². The molecule has 1 rings (SSSR count). The Labute approximate surface area is 122 Å². The second-order valence-corrected chi connectivity index (χ2v) is 6.25. The third-order valence-corrected chi connectivity index (χ3v) is 3.44. The van der Waals surface area contributed by atoms with E-state index in [2.05, 4.69) is 10.2 Å². The van der Waals surface area contributed by atoms with Crippen LogP contribution in [0.1, 0.15) is 33.6 Å². The number of methoxy groups -OCH3 is 1. The van der Waals surface area contributed by atoms with Crippen LogP contribution in [0.3, 0.4) is 0 Å². The molecule has 3 N–H and O–H groups in total.